The number of aryl methyl sites for hydroxylation is 1. The summed E-state index contributed by atoms with van der Waals surface area (Å²) >= 11 is 0. The lowest BCUT2D eigenvalue weighted by Gasteiger charge is -2.20. The van der Waals surface area contributed by atoms with Crippen molar-refractivity contribution in [2.24, 2.45) is 13.0 Å². The Kier molecular flexibility index (Phi) is 6.51. The molecule has 0 radical (unpaired) electrons. The Hall–Kier alpha value is -3.11. The summed E-state index contributed by atoms with van der Waals surface area (Å²) in [5.41, 5.74) is 1.14. The second-order valence-corrected chi connectivity index (χ2v) is 9.29. The Bertz CT molecular complexity index is 1240. The molecule has 0 aliphatic heterocycles. The normalized spacial score (nSPS) is 12.8. The highest BCUT2D eigenvalue weighted by atomic mass is 32.2. The van der Waals surface area contributed by atoms with Crippen LogP contribution in [0, 0.1) is 5.92 Å². The molecule has 1 amide bonds. The summed E-state index contributed by atoms with van der Waals surface area (Å²) in [4.78, 5) is 24.4. The fraction of sp³-hybridized carbons (Fsp3) is 0.333. The van der Waals surface area contributed by atoms with E-state index in [0.29, 0.717) is 23.4 Å². The summed E-state index contributed by atoms with van der Waals surface area (Å²) in [5, 5.41) is 2.73. The Labute approximate surface area is 180 Å². The average molecular weight is 448 g/mol. The van der Waals surface area contributed by atoms with Crippen molar-refractivity contribution < 1.29 is 22.4 Å². The van der Waals surface area contributed by atoms with Crippen LogP contribution in [-0.4, -0.2) is 32.0 Å². The number of amides is 1. The van der Waals surface area contributed by atoms with Gasteiger partial charge in [-0.25, -0.2) is 13.2 Å². The van der Waals surface area contributed by atoms with Crippen molar-refractivity contribution in [3.63, 3.8) is 0 Å². The number of carbonyl (C=O) groups excluding carboxylic acids is 1. The number of nitrogens with one attached hydrogen (secondary N) is 2. The second-order valence-electron chi connectivity index (χ2n) is 7.58. The van der Waals surface area contributed by atoms with E-state index in [1.807, 2.05) is 13.8 Å². The van der Waals surface area contributed by atoms with Gasteiger partial charge in [-0.05, 0) is 48.7 Å². The van der Waals surface area contributed by atoms with Gasteiger partial charge >= 0.3 is 5.76 Å². The van der Waals surface area contributed by atoms with Crippen LogP contribution in [0.5, 0.6) is 5.75 Å². The van der Waals surface area contributed by atoms with E-state index in [4.69, 9.17) is 9.15 Å². The molecule has 0 saturated carbocycles. The third-order valence-electron chi connectivity index (χ3n) is 4.75. The number of carbonyl (C=O) groups is 1. The molecule has 31 heavy (non-hydrogen) atoms. The first-order valence-electron chi connectivity index (χ1n) is 9.67. The van der Waals surface area contributed by atoms with Gasteiger partial charge in [-0.15, -0.1) is 0 Å². The van der Waals surface area contributed by atoms with Crippen LogP contribution in [0.4, 0.5) is 5.69 Å². The Morgan fingerprint density at radius 3 is 2.45 bits per heavy atom. The predicted octanol–water partition coefficient (Wildman–Crippen LogP) is 2.47. The number of aromatic nitrogens is 1. The number of sulfonamides is 1. The van der Waals surface area contributed by atoms with Crippen molar-refractivity contribution in [2.75, 3.05) is 12.4 Å². The van der Waals surface area contributed by atoms with Gasteiger partial charge in [-0.1, -0.05) is 13.8 Å². The predicted molar refractivity (Wildman–Crippen MR) is 117 cm³/mol. The maximum Gasteiger partial charge on any atom is 0.419 e. The first-order valence-corrected chi connectivity index (χ1v) is 11.2. The minimum atomic E-state index is -4.05. The highest BCUT2D eigenvalue weighted by Crippen LogP contribution is 2.20. The van der Waals surface area contributed by atoms with Gasteiger partial charge in [0.05, 0.1) is 17.5 Å². The summed E-state index contributed by atoms with van der Waals surface area (Å²) in [5.74, 6) is -0.367. The van der Waals surface area contributed by atoms with Gasteiger partial charge < -0.3 is 14.5 Å². The molecule has 3 aromatic rings. The summed E-state index contributed by atoms with van der Waals surface area (Å²) in [6.45, 7) is 3.79. The van der Waals surface area contributed by atoms with E-state index >= 15 is 0 Å². The number of anilines is 1. The van der Waals surface area contributed by atoms with Crippen molar-refractivity contribution in [1.29, 1.82) is 0 Å². The van der Waals surface area contributed by atoms with E-state index < -0.39 is 27.7 Å². The van der Waals surface area contributed by atoms with Crippen LogP contribution in [0.25, 0.3) is 11.1 Å². The zero-order valence-electron chi connectivity index (χ0n) is 17.7. The largest absolute Gasteiger partial charge is 0.497 e. The minimum absolute atomic E-state index is 0.0592. The van der Waals surface area contributed by atoms with Crippen LogP contribution in [0.2, 0.25) is 0 Å². The summed E-state index contributed by atoms with van der Waals surface area (Å²) in [7, 11) is -0.979. The summed E-state index contributed by atoms with van der Waals surface area (Å²) < 4.78 is 39.9. The number of benzene rings is 2. The van der Waals surface area contributed by atoms with Crippen molar-refractivity contribution in [3.05, 3.63) is 53.0 Å². The zero-order chi connectivity index (χ0) is 22.8. The number of methoxy groups -OCH3 is 1. The summed E-state index contributed by atoms with van der Waals surface area (Å²) in [6, 6.07) is 9.86. The third kappa shape index (κ3) is 5.15. The van der Waals surface area contributed by atoms with E-state index in [1.54, 1.807) is 31.4 Å². The molecule has 166 valence electrons. The number of ether oxygens (including phenoxy) is 1. The molecular weight excluding hydrogens is 422 g/mol. The SMILES string of the molecule is COc1ccc(NC(=O)C(CC(C)C)NS(=O)(=O)c2ccc3c(c2)oc(=O)n3C)cc1. The molecule has 0 spiro atoms. The maximum atomic E-state index is 13.0. The lowest BCUT2D eigenvalue weighted by atomic mass is 10.0. The number of hydrogen-bond acceptors (Lipinski definition) is 6. The highest BCUT2D eigenvalue weighted by molar-refractivity contribution is 7.89. The van der Waals surface area contributed by atoms with Crippen LogP contribution in [-0.2, 0) is 21.9 Å². The number of rotatable bonds is 8. The van der Waals surface area contributed by atoms with Gasteiger partial charge in [0.25, 0.3) is 0 Å². The van der Waals surface area contributed by atoms with Crippen LogP contribution in [0.15, 0.2) is 56.6 Å². The Balaban J connectivity index is 1.84. The van der Waals surface area contributed by atoms with E-state index in [0.717, 1.165) is 0 Å². The minimum Gasteiger partial charge on any atom is -0.497 e. The second kappa shape index (κ2) is 8.94. The van der Waals surface area contributed by atoms with Crippen molar-refractivity contribution in [2.45, 2.75) is 31.2 Å². The fourth-order valence-corrected chi connectivity index (χ4v) is 4.34. The highest BCUT2D eigenvalue weighted by Gasteiger charge is 2.27. The van der Waals surface area contributed by atoms with Crippen LogP contribution in [0.1, 0.15) is 20.3 Å². The molecule has 0 aliphatic carbocycles. The van der Waals surface area contributed by atoms with E-state index in [2.05, 4.69) is 10.0 Å². The quantitative estimate of drug-likeness (QED) is 0.547. The average Bonchev–Trinajstić information content (AvgIpc) is 3.00. The lowest BCUT2D eigenvalue weighted by Crippen LogP contribution is -2.44. The molecule has 1 heterocycles. The molecule has 10 heteroatoms. The van der Waals surface area contributed by atoms with Crippen LogP contribution >= 0.6 is 0 Å². The molecule has 9 nitrogen and oxygen atoms in total. The van der Waals surface area contributed by atoms with Gasteiger partial charge in [-0.2, -0.15) is 4.72 Å². The summed E-state index contributed by atoms with van der Waals surface area (Å²) in [6.07, 6.45) is 0.296. The smallest absolute Gasteiger partial charge is 0.419 e. The molecule has 2 aromatic carbocycles. The van der Waals surface area contributed by atoms with Gasteiger partial charge in [-0.3, -0.25) is 9.36 Å². The third-order valence-corrected chi connectivity index (χ3v) is 6.22. The van der Waals surface area contributed by atoms with E-state index in [1.165, 1.54) is 29.8 Å². The zero-order valence-corrected chi connectivity index (χ0v) is 18.5. The molecule has 0 aliphatic rings. The molecule has 1 aromatic heterocycles. The van der Waals surface area contributed by atoms with Gasteiger partial charge in [0.15, 0.2) is 5.58 Å². The van der Waals surface area contributed by atoms with Gasteiger partial charge in [0.1, 0.15) is 11.8 Å². The molecule has 1 atom stereocenters. The first kappa shape index (κ1) is 22.6. The van der Waals surface area contributed by atoms with Gasteiger partial charge in [0.2, 0.25) is 15.9 Å². The molecule has 0 bridgehead atoms. The first-order chi connectivity index (χ1) is 14.6. The van der Waals surface area contributed by atoms with Crippen molar-refractivity contribution in [3.8, 4) is 5.75 Å². The van der Waals surface area contributed by atoms with Crippen LogP contribution < -0.4 is 20.5 Å². The number of oxazole rings is 1. The standard InChI is InChI=1S/C21H25N3O6S/c1-13(2)11-17(20(25)22-14-5-7-15(29-4)8-6-14)23-31(27,28)16-9-10-18-19(12-16)30-21(26)24(18)3/h5-10,12-13,17,23H,11H2,1-4H3,(H,22,25). The number of fused-ring (bicyclic) bond motifs is 1. The lowest BCUT2D eigenvalue weighted by molar-refractivity contribution is -0.118. The fourth-order valence-electron chi connectivity index (χ4n) is 3.12. The number of hydrogen-bond donors (Lipinski definition) is 2. The topological polar surface area (TPSA) is 120 Å². The van der Waals surface area contributed by atoms with Crippen LogP contribution in [0.3, 0.4) is 0 Å². The Morgan fingerprint density at radius 1 is 1.16 bits per heavy atom. The van der Waals surface area contributed by atoms with Crippen molar-refractivity contribution in [1.82, 2.24) is 9.29 Å². The van der Waals surface area contributed by atoms with Gasteiger partial charge in [0, 0.05) is 18.8 Å². The molecule has 3 rings (SSSR count). The molecular formula is C21H25N3O6S. The maximum absolute atomic E-state index is 13.0. The number of nitrogens with zero attached hydrogens (tertiary/aromatic N) is 1. The molecule has 0 fully saturated rings. The molecule has 0 saturated heterocycles. The molecule has 1 unspecified atom stereocenters. The van der Waals surface area contributed by atoms with Crippen molar-refractivity contribution >= 4 is 32.7 Å². The monoisotopic (exact) mass is 447 g/mol. The van der Waals surface area contributed by atoms with E-state index in [9.17, 15) is 18.0 Å². The molecule has 2 N–H and O–H groups in total. The Morgan fingerprint density at radius 2 is 1.84 bits per heavy atom. The van der Waals surface area contributed by atoms with E-state index in [-0.39, 0.29) is 16.4 Å².